The summed E-state index contributed by atoms with van der Waals surface area (Å²) in [7, 11) is 0. The van der Waals surface area contributed by atoms with Gasteiger partial charge in [0.1, 0.15) is 5.82 Å². The van der Waals surface area contributed by atoms with Crippen LogP contribution in [0.3, 0.4) is 0 Å². The third kappa shape index (κ3) is 1.52. The van der Waals surface area contributed by atoms with Crippen LogP contribution < -0.4 is 5.73 Å². The van der Waals surface area contributed by atoms with E-state index in [4.69, 9.17) is 5.73 Å². The van der Waals surface area contributed by atoms with Crippen LogP contribution >= 0.6 is 0 Å². The van der Waals surface area contributed by atoms with Gasteiger partial charge in [0.2, 0.25) is 0 Å². The second-order valence-electron chi connectivity index (χ2n) is 4.28. The van der Waals surface area contributed by atoms with Crippen molar-refractivity contribution in [2.75, 3.05) is 0 Å². The van der Waals surface area contributed by atoms with Crippen LogP contribution in [0.1, 0.15) is 43.8 Å². The van der Waals surface area contributed by atoms with Crippen LogP contribution in [-0.2, 0) is 18.4 Å². The van der Waals surface area contributed by atoms with Gasteiger partial charge in [0.05, 0.1) is 0 Å². The molecule has 0 aliphatic heterocycles. The SMILES string of the molecule is CCc1nc(C2(C)CC2)ncc1CN. The first-order valence-electron chi connectivity index (χ1n) is 5.25. The van der Waals surface area contributed by atoms with Crippen molar-refractivity contribution in [3.8, 4) is 0 Å². The van der Waals surface area contributed by atoms with E-state index in [-0.39, 0.29) is 5.41 Å². The molecule has 1 aromatic rings. The molecule has 0 amide bonds. The highest BCUT2D eigenvalue weighted by Gasteiger charge is 2.42. The van der Waals surface area contributed by atoms with Gasteiger partial charge < -0.3 is 5.73 Å². The van der Waals surface area contributed by atoms with Crippen LogP contribution in [0, 0.1) is 0 Å². The largest absolute Gasteiger partial charge is 0.326 e. The number of nitrogens with two attached hydrogens (primary N) is 1. The summed E-state index contributed by atoms with van der Waals surface area (Å²) >= 11 is 0. The molecule has 1 aliphatic rings. The fraction of sp³-hybridized carbons (Fsp3) is 0.636. The maximum absolute atomic E-state index is 5.62. The maximum atomic E-state index is 5.62. The van der Waals surface area contributed by atoms with Crippen LogP contribution in [-0.4, -0.2) is 9.97 Å². The average Bonchev–Trinajstić information content (AvgIpc) is 2.97. The van der Waals surface area contributed by atoms with Crippen molar-refractivity contribution in [2.24, 2.45) is 5.73 Å². The van der Waals surface area contributed by atoms with Crippen molar-refractivity contribution in [1.29, 1.82) is 0 Å². The lowest BCUT2D eigenvalue weighted by atomic mass is 10.1. The second-order valence-corrected chi connectivity index (χ2v) is 4.28. The van der Waals surface area contributed by atoms with E-state index in [1.54, 1.807) is 0 Å². The summed E-state index contributed by atoms with van der Waals surface area (Å²) in [5, 5.41) is 0. The Morgan fingerprint density at radius 2 is 2.21 bits per heavy atom. The fourth-order valence-electron chi connectivity index (χ4n) is 1.62. The Kier molecular flexibility index (Phi) is 2.27. The van der Waals surface area contributed by atoms with Crippen molar-refractivity contribution >= 4 is 0 Å². The van der Waals surface area contributed by atoms with Gasteiger partial charge in [-0.2, -0.15) is 0 Å². The third-order valence-electron chi connectivity index (χ3n) is 3.05. The van der Waals surface area contributed by atoms with Crippen LogP contribution in [0.2, 0.25) is 0 Å². The lowest BCUT2D eigenvalue weighted by Crippen LogP contribution is -2.12. The van der Waals surface area contributed by atoms with Crippen LogP contribution in [0.25, 0.3) is 0 Å². The molecule has 1 saturated carbocycles. The summed E-state index contributed by atoms with van der Waals surface area (Å²) in [5.74, 6) is 1.01. The van der Waals surface area contributed by atoms with Crippen molar-refractivity contribution in [2.45, 2.75) is 45.1 Å². The second kappa shape index (κ2) is 3.31. The minimum atomic E-state index is 0.261. The number of aryl methyl sites for hydroxylation is 1. The van der Waals surface area contributed by atoms with Gasteiger partial charge in [-0.05, 0) is 19.3 Å². The molecule has 3 nitrogen and oxygen atoms in total. The first kappa shape index (κ1) is 9.59. The van der Waals surface area contributed by atoms with E-state index >= 15 is 0 Å². The van der Waals surface area contributed by atoms with Gasteiger partial charge in [-0.3, -0.25) is 0 Å². The minimum absolute atomic E-state index is 0.261. The number of nitrogens with zero attached hydrogens (tertiary/aromatic N) is 2. The summed E-state index contributed by atoms with van der Waals surface area (Å²) < 4.78 is 0. The summed E-state index contributed by atoms with van der Waals surface area (Å²) in [6.07, 6.45) is 5.28. The predicted molar refractivity (Wildman–Crippen MR) is 55.9 cm³/mol. The Labute approximate surface area is 84.8 Å². The van der Waals surface area contributed by atoms with E-state index in [0.717, 1.165) is 23.5 Å². The molecule has 1 aromatic heterocycles. The Morgan fingerprint density at radius 3 is 2.71 bits per heavy atom. The molecule has 0 bridgehead atoms. The maximum Gasteiger partial charge on any atom is 0.134 e. The molecule has 14 heavy (non-hydrogen) atoms. The molecule has 1 heterocycles. The predicted octanol–water partition coefficient (Wildman–Crippen LogP) is 1.55. The van der Waals surface area contributed by atoms with Gasteiger partial charge in [0.25, 0.3) is 0 Å². The minimum Gasteiger partial charge on any atom is -0.326 e. The lowest BCUT2D eigenvalue weighted by Gasteiger charge is -2.10. The molecule has 2 rings (SSSR count). The normalized spacial score (nSPS) is 18.2. The molecule has 1 fully saturated rings. The smallest absolute Gasteiger partial charge is 0.134 e. The summed E-state index contributed by atoms with van der Waals surface area (Å²) in [5.41, 5.74) is 8.08. The average molecular weight is 191 g/mol. The van der Waals surface area contributed by atoms with Crippen molar-refractivity contribution < 1.29 is 0 Å². The van der Waals surface area contributed by atoms with E-state index in [9.17, 15) is 0 Å². The molecule has 0 unspecified atom stereocenters. The highest BCUT2D eigenvalue weighted by Crippen LogP contribution is 2.45. The molecule has 0 aromatic carbocycles. The molecule has 3 heteroatoms. The van der Waals surface area contributed by atoms with Crippen molar-refractivity contribution in [1.82, 2.24) is 9.97 Å². The van der Waals surface area contributed by atoms with Gasteiger partial charge in [0, 0.05) is 29.4 Å². The Morgan fingerprint density at radius 1 is 1.50 bits per heavy atom. The highest BCUT2D eigenvalue weighted by molar-refractivity contribution is 5.23. The van der Waals surface area contributed by atoms with E-state index in [1.165, 1.54) is 12.8 Å². The van der Waals surface area contributed by atoms with Crippen LogP contribution in [0.4, 0.5) is 0 Å². The van der Waals surface area contributed by atoms with E-state index in [0.29, 0.717) is 6.54 Å². The molecule has 2 N–H and O–H groups in total. The molecule has 0 atom stereocenters. The zero-order chi connectivity index (χ0) is 10.2. The quantitative estimate of drug-likeness (QED) is 0.788. The zero-order valence-corrected chi connectivity index (χ0v) is 8.88. The fourth-order valence-corrected chi connectivity index (χ4v) is 1.62. The summed E-state index contributed by atoms with van der Waals surface area (Å²) in [6, 6.07) is 0. The van der Waals surface area contributed by atoms with Crippen LogP contribution in [0.15, 0.2) is 6.20 Å². The van der Waals surface area contributed by atoms with Gasteiger partial charge in [0.15, 0.2) is 0 Å². The first-order chi connectivity index (χ1) is 6.69. The first-order valence-corrected chi connectivity index (χ1v) is 5.25. The Bertz CT molecular complexity index is 342. The number of rotatable bonds is 3. The summed E-state index contributed by atoms with van der Waals surface area (Å²) in [4.78, 5) is 9.01. The van der Waals surface area contributed by atoms with E-state index < -0.39 is 0 Å². The monoisotopic (exact) mass is 191 g/mol. The number of hydrogen-bond donors (Lipinski definition) is 1. The van der Waals surface area contributed by atoms with Gasteiger partial charge >= 0.3 is 0 Å². The zero-order valence-electron chi connectivity index (χ0n) is 8.88. The highest BCUT2D eigenvalue weighted by atomic mass is 14.9. The van der Waals surface area contributed by atoms with Gasteiger partial charge in [-0.1, -0.05) is 13.8 Å². The molecular formula is C11H17N3. The molecule has 1 aliphatic carbocycles. The third-order valence-corrected chi connectivity index (χ3v) is 3.05. The molecule has 0 radical (unpaired) electrons. The van der Waals surface area contributed by atoms with Gasteiger partial charge in [-0.25, -0.2) is 9.97 Å². The molecule has 0 saturated heterocycles. The topological polar surface area (TPSA) is 51.8 Å². The van der Waals surface area contributed by atoms with E-state index in [2.05, 4.69) is 23.8 Å². The Hall–Kier alpha value is -0.960. The Balaban J connectivity index is 2.36. The van der Waals surface area contributed by atoms with Crippen LogP contribution in [0.5, 0.6) is 0 Å². The standard InChI is InChI=1S/C11H17N3/c1-3-9-8(6-12)7-13-10(14-9)11(2)4-5-11/h7H,3-6,12H2,1-2H3. The lowest BCUT2D eigenvalue weighted by molar-refractivity contribution is 0.691. The molecule has 0 spiro atoms. The van der Waals surface area contributed by atoms with Gasteiger partial charge in [-0.15, -0.1) is 0 Å². The molecular weight excluding hydrogens is 174 g/mol. The van der Waals surface area contributed by atoms with E-state index in [1.807, 2.05) is 6.20 Å². The number of hydrogen-bond acceptors (Lipinski definition) is 3. The number of aromatic nitrogens is 2. The van der Waals surface area contributed by atoms with Crippen molar-refractivity contribution in [3.05, 3.63) is 23.3 Å². The molecule has 76 valence electrons. The summed E-state index contributed by atoms with van der Waals surface area (Å²) in [6.45, 7) is 4.88. The van der Waals surface area contributed by atoms with Crippen molar-refractivity contribution in [3.63, 3.8) is 0 Å².